The number of hydrogen-bond donors (Lipinski definition) is 0. The van der Waals surface area contributed by atoms with Crippen molar-refractivity contribution in [2.75, 3.05) is 0 Å². The minimum atomic E-state index is 0.531. The molecule has 0 spiro atoms. The predicted molar refractivity (Wildman–Crippen MR) is 76.2 cm³/mol. The van der Waals surface area contributed by atoms with Gasteiger partial charge in [-0.1, -0.05) is 49.0 Å². The monoisotopic (exact) mass is 274 g/mol. The Labute approximate surface area is 117 Å². The fourth-order valence-corrected chi connectivity index (χ4v) is 3.04. The first-order valence-electron chi connectivity index (χ1n) is 6.81. The van der Waals surface area contributed by atoms with Gasteiger partial charge in [0.25, 0.3) is 0 Å². The summed E-state index contributed by atoms with van der Waals surface area (Å²) in [7, 11) is 0. The van der Waals surface area contributed by atoms with Crippen molar-refractivity contribution < 1.29 is 0 Å². The van der Waals surface area contributed by atoms with E-state index in [-0.39, 0.29) is 0 Å². The Morgan fingerprint density at radius 2 is 2.11 bits per heavy atom. The van der Waals surface area contributed by atoms with Crippen LogP contribution in [0.2, 0.25) is 0 Å². The maximum Gasteiger partial charge on any atom is 0.209 e. The van der Waals surface area contributed by atoms with E-state index in [1.807, 2.05) is 4.68 Å². The van der Waals surface area contributed by atoms with Crippen LogP contribution < -0.4 is 0 Å². The fraction of sp³-hybridized carbons (Fsp3) is 0.500. The molecule has 0 aliphatic heterocycles. The second kappa shape index (κ2) is 5.74. The molecule has 1 fully saturated rings. The van der Waals surface area contributed by atoms with Gasteiger partial charge >= 0.3 is 0 Å². The lowest BCUT2D eigenvalue weighted by Crippen LogP contribution is -2.04. The molecule has 19 heavy (non-hydrogen) atoms. The van der Waals surface area contributed by atoms with E-state index < -0.39 is 0 Å². The minimum absolute atomic E-state index is 0.531. The molecule has 3 rings (SSSR count). The highest BCUT2D eigenvalue weighted by atomic mass is 32.2. The molecule has 4 nitrogen and oxygen atoms in total. The van der Waals surface area contributed by atoms with Crippen molar-refractivity contribution in [3.63, 3.8) is 0 Å². The van der Waals surface area contributed by atoms with Crippen LogP contribution in [-0.2, 0) is 6.42 Å². The molecule has 0 saturated heterocycles. The summed E-state index contributed by atoms with van der Waals surface area (Å²) in [4.78, 5) is 0. The lowest BCUT2D eigenvalue weighted by molar-refractivity contribution is 0.564. The summed E-state index contributed by atoms with van der Waals surface area (Å²) < 4.78 is 1.99. The third-order valence-electron chi connectivity index (χ3n) is 3.34. The van der Waals surface area contributed by atoms with Crippen LogP contribution in [0.25, 0.3) is 0 Å². The van der Waals surface area contributed by atoms with Gasteiger partial charge in [-0.05, 0) is 41.7 Å². The van der Waals surface area contributed by atoms with Crippen LogP contribution in [0.5, 0.6) is 0 Å². The lowest BCUT2D eigenvalue weighted by atomic mass is 10.1. The van der Waals surface area contributed by atoms with Crippen molar-refractivity contribution in [1.82, 2.24) is 20.2 Å². The number of aromatic nitrogens is 4. The number of hydrogen-bond acceptors (Lipinski definition) is 4. The molecule has 1 saturated carbocycles. The van der Waals surface area contributed by atoms with Gasteiger partial charge in [0.05, 0.1) is 6.04 Å². The Balaban J connectivity index is 1.53. The second-order valence-corrected chi connectivity index (χ2v) is 6.50. The Morgan fingerprint density at radius 1 is 1.32 bits per heavy atom. The molecule has 0 N–H and O–H groups in total. The number of aryl methyl sites for hydroxylation is 1. The average molecular weight is 274 g/mol. The highest BCUT2D eigenvalue weighted by molar-refractivity contribution is 7.99. The fourth-order valence-electron chi connectivity index (χ4n) is 2.06. The molecule has 0 unspecified atom stereocenters. The van der Waals surface area contributed by atoms with Crippen molar-refractivity contribution >= 4 is 11.8 Å². The molecular weight excluding hydrogens is 256 g/mol. The molecule has 0 bridgehead atoms. The van der Waals surface area contributed by atoms with E-state index >= 15 is 0 Å². The van der Waals surface area contributed by atoms with Gasteiger partial charge in [-0.25, -0.2) is 4.68 Å². The largest absolute Gasteiger partial charge is 0.217 e. The summed E-state index contributed by atoms with van der Waals surface area (Å²) >= 11 is 1.79. The number of rotatable bonds is 6. The minimum Gasteiger partial charge on any atom is -0.217 e. The molecule has 1 aliphatic carbocycles. The van der Waals surface area contributed by atoms with Crippen LogP contribution in [-0.4, -0.2) is 25.5 Å². The summed E-state index contributed by atoms with van der Waals surface area (Å²) in [5.74, 6) is 0. The molecule has 1 aromatic heterocycles. The Morgan fingerprint density at radius 3 is 2.84 bits per heavy atom. The molecule has 0 radical (unpaired) electrons. The van der Waals surface area contributed by atoms with Gasteiger partial charge in [0.1, 0.15) is 0 Å². The van der Waals surface area contributed by atoms with Crippen LogP contribution in [0.3, 0.4) is 0 Å². The van der Waals surface area contributed by atoms with E-state index in [1.165, 1.54) is 18.4 Å². The molecule has 1 atom stereocenters. The molecule has 100 valence electrons. The number of tetrazole rings is 1. The second-order valence-electron chi connectivity index (χ2n) is 5.09. The van der Waals surface area contributed by atoms with Crippen molar-refractivity contribution in [3.05, 3.63) is 35.9 Å². The predicted octanol–water partition coefficient (Wildman–Crippen LogP) is 3.12. The SMILES string of the molecule is C[C@H](CCc1ccccc1)Sc1nnnn1C1CC1. The van der Waals surface area contributed by atoms with E-state index in [1.54, 1.807) is 11.8 Å². The number of thioether (sulfide) groups is 1. The first kappa shape index (κ1) is 12.7. The lowest BCUT2D eigenvalue weighted by Gasteiger charge is -2.10. The standard InChI is InChI=1S/C14H18N4S/c1-11(7-8-12-5-3-2-4-6-12)19-14-15-16-17-18(14)13-9-10-13/h2-6,11,13H,7-10H2,1H3/t11-/m1/s1. The van der Waals surface area contributed by atoms with Crippen LogP contribution in [0.1, 0.15) is 37.8 Å². The smallest absolute Gasteiger partial charge is 0.209 e. The summed E-state index contributed by atoms with van der Waals surface area (Å²) in [6, 6.07) is 11.2. The number of nitrogens with zero attached hydrogens (tertiary/aromatic N) is 4. The van der Waals surface area contributed by atoms with Gasteiger partial charge in [0, 0.05) is 5.25 Å². The molecule has 1 heterocycles. The molecule has 1 aromatic carbocycles. The van der Waals surface area contributed by atoms with Crippen molar-refractivity contribution in [1.29, 1.82) is 0 Å². The van der Waals surface area contributed by atoms with Crippen molar-refractivity contribution in [2.24, 2.45) is 0 Å². The quantitative estimate of drug-likeness (QED) is 0.759. The molecule has 5 heteroatoms. The number of benzene rings is 1. The van der Waals surface area contributed by atoms with Gasteiger partial charge in [-0.2, -0.15) is 0 Å². The first-order chi connectivity index (χ1) is 9.33. The highest BCUT2D eigenvalue weighted by Gasteiger charge is 2.28. The van der Waals surface area contributed by atoms with Crippen molar-refractivity contribution in [2.45, 2.75) is 49.1 Å². The first-order valence-corrected chi connectivity index (χ1v) is 7.69. The van der Waals surface area contributed by atoms with Crippen molar-refractivity contribution in [3.8, 4) is 0 Å². The molecule has 2 aromatic rings. The van der Waals surface area contributed by atoms with Gasteiger partial charge < -0.3 is 0 Å². The summed E-state index contributed by atoms with van der Waals surface area (Å²) in [6.07, 6.45) is 4.69. The zero-order valence-corrected chi connectivity index (χ0v) is 11.9. The zero-order valence-electron chi connectivity index (χ0n) is 11.1. The molecule has 0 amide bonds. The maximum atomic E-state index is 4.14. The van der Waals surface area contributed by atoms with E-state index in [0.717, 1.165) is 18.0 Å². The van der Waals surface area contributed by atoms with E-state index in [0.29, 0.717) is 11.3 Å². The average Bonchev–Trinajstić information content (AvgIpc) is 3.18. The normalized spacial score (nSPS) is 16.5. The van der Waals surface area contributed by atoms with Crippen LogP contribution in [0, 0.1) is 0 Å². The highest BCUT2D eigenvalue weighted by Crippen LogP contribution is 2.37. The van der Waals surface area contributed by atoms with Crippen LogP contribution in [0.15, 0.2) is 35.5 Å². The van der Waals surface area contributed by atoms with Crippen LogP contribution >= 0.6 is 11.8 Å². The van der Waals surface area contributed by atoms with Gasteiger partial charge in [0.2, 0.25) is 5.16 Å². The third kappa shape index (κ3) is 3.35. The summed E-state index contributed by atoms with van der Waals surface area (Å²) in [5.41, 5.74) is 1.40. The molecular formula is C14H18N4S. The van der Waals surface area contributed by atoms with Gasteiger partial charge in [0.15, 0.2) is 0 Å². The van der Waals surface area contributed by atoms with E-state index in [9.17, 15) is 0 Å². The van der Waals surface area contributed by atoms with Gasteiger partial charge in [-0.3, -0.25) is 0 Å². The Bertz CT molecular complexity index is 521. The van der Waals surface area contributed by atoms with E-state index in [2.05, 4.69) is 52.8 Å². The summed E-state index contributed by atoms with van der Waals surface area (Å²) in [6.45, 7) is 2.25. The maximum absolute atomic E-state index is 4.14. The zero-order chi connectivity index (χ0) is 13.1. The Kier molecular flexibility index (Phi) is 3.82. The third-order valence-corrected chi connectivity index (χ3v) is 4.46. The van der Waals surface area contributed by atoms with Crippen LogP contribution in [0.4, 0.5) is 0 Å². The summed E-state index contributed by atoms with van der Waals surface area (Å²) in [5, 5.41) is 13.5. The van der Waals surface area contributed by atoms with E-state index in [4.69, 9.17) is 0 Å². The van der Waals surface area contributed by atoms with Gasteiger partial charge in [-0.15, -0.1) is 5.10 Å². The Hall–Kier alpha value is -1.36. The topological polar surface area (TPSA) is 43.6 Å². The molecule has 1 aliphatic rings.